The first-order chi connectivity index (χ1) is 17.5. The fourth-order valence-electron chi connectivity index (χ4n) is 4.65. The summed E-state index contributed by atoms with van der Waals surface area (Å²) in [6.45, 7) is 0.366. The Hall–Kier alpha value is -3.91. The van der Waals surface area contributed by atoms with E-state index >= 15 is 0 Å². The maximum absolute atomic E-state index is 13.8. The number of benzene rings is 2. The summed E-state index contributed by atoms with van der Waals surface area (Å²) in [6, 6.07) is 15.9. The predicted octanol–water partition coefficient (Wildman–Crippen LogP) is 4.26. The van der Waals surface area contributed by atoms with Crippen LogP contribution in [0.25, 0.3) is 0 Å². The summed E-state index contributed by atoms with van der Waals surface area (Å²) >= 11 is 0. The van der Waals surface area contributed by atoms with Gasteiger partial charge >= 0.3 is 0 Å². The number of anilines is 1. The SMILES string of the molecule is COc1ccc(C(=O)N(Cc2cccc(NC(=O)c3ccncc3)c2)C2CCCCC2N)cc1OC. The molecular weight excluding hydrogens is 456 g/mol. The molecule has 1 aromatic heterocycles. The van der Waals surface area contributed by atoms with Crippen LogP contribution in [0.4, 0.5) is 5.69 Å². The maximum Gasteiger partial charge on any atom is 0.255 e. The minimum absolute atomic E-state index is 0.0885. The van der Waals surface area contributed by atoms with Crippen molar-refractivity contribution in [1.29, 1.82) is 0 Å². The Labute approximate surface area is 211 Å². The summed E-state index contributed by atoms with van der Waals surface area (Å²) in [6.07, 6.45) is 6.97. The molecule has 8 nitrogen and oxygen atoms in total. The third kappa shape index (κ3) is 5.83. The van der Waals surface area contributed by atoms with Crippen molar-refractivity contribution in [3.05, 3.63) is 83.7 Å². The minimum Gasteiger partial charge on any atom is -0.493 e. The number of carbonyl (C=O) groups is 2. The van der Waals surface area contributed by atoms with Crippen molar-refractivity contribution in [2.24, 2.45) is 5.73 Å². The highest BCUT2D eigenvalue weighted by Gasteiger charge is 2.32. The number of nitrogens with one attached hydrogen (secondary N) is 1. The van der Waals surface area contributed by atoms with Gasteiger partial charge in [0.1, 0.15) is 0 Å². The van der Waals surface area contributed by atoms with Gasteiger partial charge in [-0.3, -0.25) is 14.6 Å². The van der Waals surface area contributed by atoms with Gasteiger partial charge < -0.3 is 25.4 Å². The molecule has 36 heavy (non-hydrogen) atoms. The first-order valence-corrected chi connectivity index (χ1v) is 12.1. The van der Waals surface area contributed by atoms with Gasteiger partial charge in [-0.15, -0.1) is 0 Å². The van der Waals surface area contributed by atoms with Crippen molar-refractivity contribution in [1.82, 2.24) is 9.88 Å². The molecule has 3 aromatic rings. The Bertz CT molecular complexity index is 1200. The van der Waals surface area contributed by atoms with E-state index in [9.17, 15) is 9.59 Å². The van der Waals surface area contributed by atoms with E-state index in [1.807, 2.05) is 29.2 Å². The number of hydrogen-bond donors (Lipinski definition) is 2. The Morgan fingerprint density at radius 3 is 2.44 bits per heavy atom. The molecule has 2 atom stereocenters. The average Bonchev–Trinajstić information content (AvgIpc) is 2.92. The van der Waals surface area contributed by atoms with Crippen molar-refractivity contribution in [2.45, 2.75) is 44.3 Å². The highest BCUT2D eigenvalue weighted by atomic mass is 16.5. The molecule has 0 spiro atoms. The fourth-order valence-corrected chi connectivity index (χ4v) is 4.65. The summed E-state index contributed by atoms with van der Waals surface area (Å²) < 4.78 is 10.7. The monoisotopic (exact) mass is 488 g/mol. The molecule has 0 saturated heterocycles. The topological polar surface area (TPSA) is 107 Å². The quantitative estimate of drug-likeness (QED) is 0.491. The molecule has 0 bridgehead atoms. The number of pyridine rings is 1. The molecule has 4 rings (SSSR count). The fraction of sp³-hybridized carbons (Fsp3) is 0.321. The smallest absolute Gasteiger partial charge is 0.255 e. The van der Waals surface area contributed by atoms with Crippen LogP contribution >= 0.6 is 0 Å². The Balaban J connectivity index is 1.60. The van der Waals surface area contributed by atoms with Gasteiger partial charge in [0.25, 0.3) is 11.8 Å². The molecule has 2 aromatic carbocycles. The molecule has 0 aliphatic heterocycles. The number of carbonyl (C=O) groups excluding carboxylic acids is 2. The van der Waals surface area contributed by atoms with Crippen LogP contribution in [0.15, 0.2) is 67.0 Å². The van der Waals surface area contributed by atoms with E-state index < -0.39 is 0 Å². The Morgan fingerprint density at radius 1 is 0.972 bits per heavy atom. The van der Waals surface area contributed by atoms with E-state index in [0.717, 1.165) is 31.2 Å². The second-order valence-electron chi connectivity index (χ2n) is 8.91. The first-order valence-electron chi connectivity index (χ1n) is 12.1. The molecule has 8 heteroatoms. The molecule has 1 saturated carbocycles. The zero-order chi connectivity index (χ0) is 25.5. The molecule has 1 aliphatic carbocycles. The highest BCUT2D eigenvalue weighted by molar-refractivity contribution is 6.04. The summed E-state index contributed by atoms with van der Waals surface area (Å²) in [5, 5.41) is 2.92. The van der Waals surface area contributed by atoms with E-state index in [1.165, 1.54) is 0 Å². The lowest BCUT2D eigenvalue weighted by Gasteiger charge is -2.38. The molecule has 3 N–H and O–H groups in total. The van der Waals surface area contributed by atoms with Crippen LogP contribution in [0.3, 0.4) is 0 Å². The lowest BCUT2D eigenvalue weighted by atomic mass is 9.89. The minimum atomic E-state index is -0.220. The van der Waals surface area contributed by atoms with Gasteiger partial charge in [0, 0.05) is 47.8 Å². The summed E-state index contributed by atoms with van der Waals surface area (Å²) in [5.41, 5.74) is 9.09. The van der Waals surface area contributed by atoms with Gasteiger partial charge in [0.05, 0.1) is 14.2 Å². The lowest BCUT2D eigenvalue weighted by Crippen LogP contribution is -2.51. The second-order valence-corrected chi connectivity index (χ2v) is 8.91. The van der Waals surface area contributed by atoms with Crippen LogP contribution in [-0.4, -0.2) is 48.0 Å². The van der Waals surface area contributed by atoms with E-state index in [0.29, 0.717) is 34.9 Å². The number of aromatic nitrogens is 1. The summed E-state index contributed by atoms with van der Waals surface area (Å²) in [4.78, 5) is 32.2. The molecule has 1 heterocycles. The van der Waals surface area contributed by atoms with Crippen molar-refractivity contribution < 1.29 is 19.1 Å². The van der Waals surface area contributed by atoms with Gasteiger partial charge in [-0.05, 0) is 60.9 Å². The molecule has 2 amide bonds. The molecule has 1 aliphatic rings. The maximum atomic E-state index is 13.8. The summed E-state index contributed by atoms with van der Waals surface area (Å²) in [5.74, 6) is 0.719. The van der Waals surface area contributed by atoms with E-state index in [-0.39, 0.29) is 23.9 Å². The van der Waals surface area contributed by atoms with Crippen LogP contribution in [0.1, 0.15) is 52.0 Å². The molecule has 2 unspecified atom stereocenters. The van der Waals surface area contributed by atoms with E-state index in [2.05, 4.69) is 10.3 Å². The van der Waals surface area contributed by atoms with Gasteiger partial charge in [0.15, 0.2) is 11.5 Å². The predicted molar refractivity (Wildman–Crippen MR) is 138 cm³/mol. The standard InChI is InChI=1S/C28H32N4O4/c1-35-25-11-10-21(17-26(25)36-2)28(34)32(24-9-4-3-8-23(24)29)18-19-6-5-7-22(16-19)31-27(33)20-12-14-30-15-13-20/h5-7,10-17,23-24H,3-4,8-9,18,29H2,1-2H3,(H,31,33). The lowest BCUT2D eigenvalue weighted by molar-refractivity contribution is 0.0583. The van der Waals surface area contributed by atoms with E-state index in [1.54, 1.807) is 56.9 Å². The van der Waals surface area contributed by atoms with Crippen molar-refractivity contribution >= 4 is 17.5 Å². The Kier molecular flexibility index (Phi) is 8.17. The first kappa shape index (κ1) is 25.2. The van der Waals surface area contributed by atoms with Gasteiger partial charge in [0.2, 0.25) is 0 Å². The number of nitrogens with two attached hydrogens (primary N) is 1. The van der Waals surface area contributed by atoms with Crippen LogP contribution < -0.4 is 20.5 Å². The van der Waals surface area contributed by atoms with Gasteiger partial charge in [-0.1, -0.05) is 25.0 Å². The van der Waals surface area contributed by atoms with Crippen LogP contribution in [0, 0.1) is 0 Å². The average molecular weight is 489 g/mol. The Morgan fingerprint density at radius 2 is 1.72 bits per heavy atom. The number of hydrogen-bond acceptors (Lipinski definition) is 6. The third-order valence-corrected chi connectivity index (χ3v) is 6.55. The van der Waals surface area contributed by atoms with Crippen molar-refractivity contribution in [2.75, 3.05) is 19.5 Å². The molecular formula is C28H32N4O4. The number of nitrogens with zero attached hydrogens (tertiary/aromatic N) is 2. The van der Waals surface area contributed by atoms with Crippen molar-refractivity contribution in [3.8, 4) is 11.5 Å². The van der Waals surface area contributed by atoms with Crippen LogP contribution in [-0.2, 0) is 6.54 Å². The summed E-state index contributed by atoms with van der Waals surface area (Å²) in [7, 11) is 3.11. The third-order valence-electron chi connectivity index (χ3n) is 6.55. The van der Waals surface area contributed by atoms with Gasteiger partial charge in [-0.25, -0.2) is 0 Å². The normalized spacial score (nSPS) is 17.2. The highest BCUT2D eigenvalue weighted by Crippen LogP contribution is 2.30. The second kappa shape index (κ2) is 11.7. The molecule has 0 radical (unpaired) electrons. The zero-order valence-corrected chi connectivity index (χ0v) is 20.6. The number of ether oxygens (including phenoxy) is 2. The number of amides is 2. The van der Waals surface area contributed by atoms with E-state index in [4.69, 9.17) is 15.2 Å². The van der Waals surface area contributed by atoms with Crippen LogP contribution in [0.2, 0.25) is 0 Å². The largest absolute Gasteiger partial charge is 0.493 e. The van der Waals surface area contributed by atoms with Crippen molar-refractivity contribution in [3.63, 3.8) is 0 Å². The van der Waals surface area contributed by atoms with Gasteiger partial charge in [-0.2, -0.15) is 0 Å². The van der Waals surface area contributed by atoms with Crippen LogP contribution in [0.5, 0.6) is 11.5 Å². The zero-order valence-electron chi connectivity index (χ0n) is 20.6. The number of methoxy groups -OCH3 is 2. The number of rotatable bonds is 8. The molecule has 1 fully saturated rings. The molecule has 188 valence electrons.